The zero-order valence-corrected chi connectivity index (χ0v) is 11.2. The van der Waals surface area contributed by atoms with Gasteiger partial charge in [0.2, 0.25) is 0 Å². The van der Waals surface area contributed by atoms with Gasteiger partial charge in [0.15, 0.2) is 5.75 Å². The van der Waals surface area contributed by atoms with Gasteiger partial charge in [0.1, 0.15) is 5.75 Å². The average molecular weight is 263 g/mol. The first-order valence-corrected chi connectivity index (χ1v) is 6.13. The molecule has 0 aliphatic rings. The Balaban J connectivity index is 2.42. The first-order valence-electron chi connectivity index (χ1n) is 5.75. The van der Waals surface area contributed by atoms with Gasteiger partial charge in [-0.2, -0.15) is 0 Å². The Morgan fingerprint density at radius 3 is 2.67 bits per heavy atom. The second kappa shape index (κ2) is 5.42. The maximum absolute atomic E-state index is 9.31. The van der Waals surface area contributed by atoms with Crippen LogP contribution in [0, 0.1) is 13.8 Å². The summed E-state index contributed by atoms with van der Waals surface area (Å²) in [6.45, 7) is 3.89. The van der Waals surface area contributed by atoms with E-state index in [1.54, 1.807) is 18.2 Å². The molecule has 0 amide bonds. The van der Waals surface area contributed by atoms with E-state index in [9.17, 15) is 5.11 Å². The molecule has 2 rings (SSSR count). The Kier molecular flexibility index (Phi) is 3.90. The fourth-order valence-corrected chi connectivity index (χ4v) is 1.95. The van der Waals surface area contributed by atoms with Crippen LogP contribution in [-0.2, 0) is 6.61 Å². The molecular weight excluding hydrogens is 248 g/mol. The Hall–Kier alpha value is -1.51. The van der Waals surface area contributed by atoms with Crippen molar-refractivity contribution in [3.63, 3.8) is 0 Å². The van der Waals surface area contributed by atoms with Gasteiger partial charge in [-0.25, -0.2) is 0 Å². The highest BCUT2D eigenvalue weighted by atomic mass is 35.5. The van der Waals surface area contributed by atoms with Gasteiger partial charge in [-0.15, -0.1) is 0 Å². The Morgan fingerprint density at radius 1 is 1.17 bits per heavy atom. The van der Waals surface area contributed by atoms with E-state index < -0.39 is 0 Å². The molecule has 0 unspecified atom stereocenters. The quantitative estimate of drug-likeness (QED) is 0.896. The maximum atomic E-state index is 9.31. The van der Waals surface area contributed by atoms with Crippen LogP contribution in [0.3, 0.4) is 0 Å². The molecule has 0 saturated heterocycles. The zero-order valence-electron chi connectivity index (χ0n) is 10.4. The Bertz CT molecular complexity index is 564. The highest BCUT2D eigenvalue weighted by molar-refractivity contribution is 6.32. The molecule has 0 saturated carbocycles. The summed E-state index contributed by atoms with van der Waals surface area (Å²) in [6, 6.07) is 11.3. The highest BCUT2D eigenvalue weighted by Gasteiger charge is 2.10. The summed E-state index contributed by atoms with van der Waals surface area (Å²) in [5, 5.41) is 9.81. The molecule has 0 heterocycles. The van der Waals surface area contributed by atoms with Crippen molar-refractivity contribution < 1.29 is 9.84 Å². The van der Waals surface area contributed by atoms with Crippen molar-refractivity contribution in [3.8, 4) is 11.5 Å². The van der Waals surface area contributed by atoms with Gasteiger partial charge in [-0.1, -0.05) is 35.9 Å². The van der Waals surface area contributed by atoms with Crippen LogP contribution >= 0.6 is 11.6 Å². The molecule has 0 aromatic heterocycles. The number of rotatable bonds is 3. The van der Waals surface area contributed by atoms with Crippen molar-refractivity contribution in [2.24, 2.45) is 0 Å². The molecule has 1 N–H and O–H groups in total. The van der Waals surface area contributed by atoms with Gasteiger partial charge >= 0.3 is 0 Å². The summed E-state index contributed by atoms with van der Waals surface area (Å²) >= 11 is 6.11. The third-order valence-corrected chi connectivity index (χ3v) is 3.07. The molecule has 0 spiro atoms. The number of aliphatic hydroxyl groups is 1. The molecular formula is C15H15ClO2. The standard InChI is InChI=1S/C15H15ClO2/c1-10-6-7-11(2)14(8-10)18-15-12(9-17)4-3-5-13(15)16/h3-8,17H,9H2,1-2H3. The van der Waals surface area contributed by atoms with E-state index >= 15 is 0 Å². The molecule has 0 aliphatic heterocycles. The lowest BCUT2D eigenvalue weighted by molar-refractivity contribution is 0.276. The number of ether oxygens (including phenoxy) is 1. The third kappa shape index (κ3) is 2.66. The number of aryl methyl sites for hydroxylation is 2. The molecule has 0 fully saturated rings. The average Bonchev–Trinajstić information content (AvgIpc) is 2.36. The van der Waals surface area contributed by atoms with E-state index in [-0.39, 0.29) is 6.61 Å². The molecule has 94 valence electrons. The van der Waals surface area contributed by atoms with E-state index in [0.29, 0.717) is 16.3 Å². The summed E-state index contributed by atoms with van der Waals surface area (Å²) in [7, 11) is 0. The monoisotopic (exact) mass is 262 g/mol. The molecule has 0 aliphatic carbocycles. The normalized spacial score (nSPS) is 10.4. The van der Waals surface area contributed by atoms with Crippen LogP contribution in [-0.4, -0.2) is 5.11 Å². The second-order valence-electron chi connectivity index (χ2n) is 4.26. The van der Waals surface area contributed by atoms with Crippen molar-refractivity contribution in [2.45, 2.75) is 20.5 Å². The maximum Gasteiger partial charge on any atom is 0.151 e. The van der Waals surface area contributed by atoms with E-state index in [1.807, 2.05) is 32.0 Å². The van der Waals surface area contributed by atoms with Crippen LogP contribution in [0.5, 0.6) is 11.5 Å². The second-order valence-corrected chi connectivity index (χ2v) is 4.66. The van der Waals surface area contributed by atoms with Crippen molar-refractivity contribution >= 4 is 11.6 Å². The van der Waals surface area contributed by atoms with Crippen molar-refractivity contribution in [3.05, 3.63) is 58.1 Å². The zero-order chi connectivity index (χ0) is 13.1. The predicted octanol–water partition coefficient (Wildman–Crippen LogP) is 4.24. The molecule has 2 aromatic rings. The van der Waals surface area contributed by atoms with E-state index in [4.69, 9.17) is 16.3 Å². The summed E-state index contributed by atoms with van der Waals surface area (Å²) in [5.41, 5.74) is 2.83. The van der Waals surface area contributed by atoms with Crippen LogP contribution in [0.15, 0.2) is 36.4 Å². The summed E-state index contributed by atoms with van der Waals surface area (Å²) in [6.07, 6.45) is 0. The van der Waals surface area contributed by atoms with Crippen LogP contribution < -0.4 is 4.74 Å². The first kappa shape index (κ1) is 12.9. The van der Waals surface area contributed by atoms with E-state index in [2.05, 4.69) is 0 Å². The number of aliphatic hydroxyl groups excluding tert-OH is 1. The summed E-state index contributed by atoms with van der Waals surface area (Å²) in [4.78, 5) is 0. The topological polar surface area (TPSA) is 29.5 Å². The molecule has 0 atom stereocenters. The number of benzene rings is 2. The van der Waals surface area contributed by atoms with Crippen molar-refractivity contribution in [1.29, 1.82) is 0 Å². The predicted molar refractivity (Wildman–Crippen MR) is 73.4 cm³/mol. The van der Waals surface area contributed by atoms with Gasteiger partial charge in [0.05, 0.1) is 11.6 Å². The van der Waals surface area contributed by atoms with Crippen LogP contribution in [0.1, 0.15) is 16.7 Å². The largest absolute Gasteiger partial charge is 0.455 e. The van der Waals surface area contributed by atoms with Gasteiger partial charge in [-0.05, 0) is 37.1 Å². The van der Waals surface area contributed by atoms with Gasteiger partial charge < -0.3 is 9.84 Å². The van der Waals surface area contributed by atoms with E-state index in [1.165, 1.54) is 0 Å². The SMILES string of the molecule is Cc1ccc(C)c(Oc2c(Cl)cccc2CO)c1. The number of hydrogen-bond acceptors (Lipinski definition) is 2. The molecule has 0 radical (unpaired) electrons. The smallest absolute Gasteiger partial charge is 0.151 e. The van der Waals surface area contributed by atoms with Crippen LogP contribution in [0.4, 0.5) is 0 Å². The number of hydrogen-bond donors (Lipinski definition) is 1. The van der Waals surface area contributed by atoms with Crippen LogP contribution in [0.2, 0.25) is 5.02 Å². The van der Waals surface area contributed by atoms with Gasteiger partial charge in [-0.3, -0.25) is 0 Å². The number of para-hydroxylation sites is 1. The minimum absolute atomic E-state index is 0.0965. The molecule has 18 heavy (non-hydrogen) atoms. The van der Waals surface area contributed by atoms with Crippen LogP contribution in [0.25, 0.3) is 0 Å². The fraction of sp³-hybridized carbons (Fsp3) is 0.200. The van der Waals surface area contributed by atoms with Gasteiger partial charge in [0, 0.05) is 5.56 Å². The molecule has 0 bridgehead atoms. The first-order chi connectivity index (χ1) is 8.61. The molecule has 2 aromatic carbocycles. The van der Waals surface area contributed by atoms with E-state index in [0.717, 1.165) is 16.9 Å². The summed E-state index contributed by atoms with van der Waals surface area (Å²) in [5.74, 6) is 1.29. The Morgan fingerprint density at radius 2 is 1.94 bits per heavy atom. The fourth-order valence-electron chi connectivity index (χ4n) is 1.72. The summed E-state index contributed by atoms with van der Waals surface area (Å²) < 4.78 is 5.85. The lowest BCUT2D eigenvalue weighted by Crippen LogP contribution is -1.94. The lowest BCUT2D eigenvalue weighted by Gasteiger charge is -2.13. The minimum Gasteiger partial charge on any atom is -0.455 e. The van der Waals surface area contributed by atoms with Gasteiger partial charge in [0.25, 0.3) is 0 Å². The highest BCUT2D eigenvalue weighted by Crippen LogP contribution is 2.34. The lowest BCUT2D eigenvalue weighted by atomic mass is 10.1. The third-order valence-electron chi connectivity index (χ3n) is 2.77. The van der Waals surface area contributed by atoms with Crippen molar-refractivity contribution in [2.75, 3.05) is 0 Å². The number of halogens is 1. The van der Waals surface area contributed by atoms with Crippen molar-refractivity contribution in [1.82, 2.24) is 0 Å². The Labute approximate surface area is 112 Å². The molecule has 3 heteroatoms. The minimum atomic E-state index is -0.0965. The molecule has 2 nitrogen and oxygen atoms in total.